The Morgan fingerprint density at radius 1 is 0.470 bits per heavy atom. The van der Waals surface area contributed by atoms with E-state index >= 15 is 14.4 Å². The van der Waals surface area contributed by atoms with Gasteiger partial charge in [0.1, 0.15) is 72.5 Å². The summed E-state index contributed by atoms with van der Waals surface area (Å²) in [6.45, 7) is 1.88. The van der Waals surface area contributed by atoms with Gasteiger partial charge in [0, 0.05) is 54.3 Å². The highest BCUT2D eigenvalue weighted by Crippen LogP contribution is 2.25. The molecule has 6 rings (SSSR count). The second-order valence-corrected chi connectivity index (χ2v) is 30.1. The van der Waals surface area contributed by atoms with Gasteiger partial charge in [-0.25, -0.2) is 4.79 Å². The molecule has 0 radical (unpaired) electrons. The van der Waals surface area contributed by atoms with Crippen molar-refractivity contribution in [3.63, 3.8) is 0 Å². The van der Waals surface area contributed by atoms with Crippen molar-refractivity contribution in [1.82, 2.24) is 74.1 Å². The lowest BCUT2D eigenvalue weighted by Crippen LogP contribution is -2.63. The molecular formula is C76H104N18O19S2. The van der Waals surface area contributed by atoms with Crippen LogP contribution >= 0.6 is 21.6 Å². The minimum Gasteiger partial charge on any atom is -0.480 e. The van der Waals surface area contributed by atoms with Crippen LogP contribution in [-0.4, -0.2) is 243 Å². The molecule has 39 heteroatoms. The maximum atomic E-state index is 15.4. The molecule has 14 amide bonds. The Labute approximate surface area is 670 Å². The number of para-hydroxylation sites is 1. The van der Waals surface area contributed by atoms with Crippen LogP contribution in [0.25, 0.3) is 10.9 Å². The quantitative estimate of drug-likeness (QED) is 0.0182. The van der Waals surface area contributed by atoms with Gasteiger partial charge < -0.3 is 117 Å². The van der Waals surface area contributed by atoms with Crippen molar-refractivity contribution in [2.24, 2.45) is 22.9 Å². The minimum absolute atomic E-state index is 0.104. The Morgan fingerprint density at radius 2 is 0.852 bits per heavy atom. The molecule has 4 aromatic carbocycles. The molecule has 5 aromatic rings. The van der Waals surface area contributed by atoms with E-state index in [0.29, 0.717) is 39.6 Å². The normalized spacial score (nSPS) is 23.7. The lowest BCUT2D eigenvalue weighted by molar-refractivity contribution is -0.142. The highest BCUT2D eigenvalue weighted by atomic mass is 33.1. The molecule has 1 aromatic heterocycles. The summed E-state index contributed by atoms with van der Waals surface area (Å²) >= 11 is 0. The third-order valence-electron chi connectivity index (χ3n) is 18.3. The lowest BCUT2D eigenvalue weighted by Gasteiger charge is -2.29. The SMILES string of the molecule is CC(N)C(=O)NCC(=O)N[C@H]1CSSC[C@@H](C(=O)O)NC(=O)[C@H](CO)NC(=O)[C@H](C(C)O)NC(=O)[C@H](Cc2ccccc2)NC(=O)[C@H](C(C)O)NC(=O)[C@H](CCCCN)NC(=O)[C@H](Cc2c[nH]c3ccccc23)NC(=O)[C@H](Cc2ccccc2)NC(=O)[C@H](Cc2ccccc2)NC(=O)[C@H](CC(N)=O)NC(=O)[C@H](CCCCN)NC1=O. The average molecular weight is 1640 g/mol. The van der Waals surface area contributed by atoms with E-state index in [4.69, 9.17) is 22.9 Å². The van der Waals surface area contributed by atoms with Crippen LogP contribution in [0.4, 0.5) is 0 Å². The molecule has 37 nitrogen and oxygen atoms in total. The van der Waals surface area contributed by atoms with E-state index in [1.165, 1.54) is 6.92 Å². The molecule has 3 unspecified atom stereocenters. The standard InChI is InChI=1S/C76H104N18O19S2/c1-41(79)64(100)82-37-61(99)83-58-39-114-115-40-59(76(112)113)92-72(108)57(38-95)91-75(111)63(43(3)97)94-71(107)54(33-46-23-11-6-12-24-46)90-74(110)62(42(2)96)93-66(102)51(28-16-18-30-78)84-69(105)55(34-47-36-81-49-26-14-13-25-48(47)49)88-68(104)53(32-45-21-9-5-10-22-45)86-67(103)52(31-44-19-7-4-8-20-44)87-70(106)56(35-60(80)98)89-65(101)50(85-73(58)109)27-15-17-29-77/h4-14,19-26,36,41-43,50-59,62-63,81,95-97H,15-18,27-35,37-40,77-79H2,1-3H3,(H2,80,98)(H,82,100)(H,83,99)(H,84,105)(H,85,109)(H,86,103)(H,87,106)(H,88,104)(H,89,101)(H,90,110)(H,91,111)(H,92,108)(H,93,102)(H,94,107)(H,112,113)/t41?,42?,43?,50-,51-,52-,53-,54-,55-,56-,57-,58-,59-,62-,63-/m0/s1. The number of carboxylic acid groups (broad SMARTS) is 1. The first-order valence-electron chi connectivity index (χ1n) is 37.4. The molecule has 624 valence electrons. The number of fused-ring (bicyclic) bond motifs is 1. The summed E-state index contributed by atoms with van der Waals surface area (Å²) in [5, 5.41) is 76.1. The summed E-state index contributed by atoms with van der Waals surface area (Å²) in [7, 11) is 1.49. The third kappa shape index (κ3) is 30.7. The van der Waals surface area contributed by atoms with Crippen LogP contribution in [0.2, 0.25) is 0 Å². The summed E-state index contributed by atoms with van der Waals surface area (Å²) in [5.41, 5.74) is 25.6. The zero-order valence-corrected chi connectivity index (χ0v) is 65.4. The number of aliphatic hydroxyl groups is 3. The Bertz CT molecular complexity index is 4130. The fourth-order valence-corrected chi connectivity index (χ4v) is 14.3. The summed E-state index contributed by atoms with van der Waals surface area (Å²) in [5.74, 6) is -17.7. The minimum atomic E-state index is -1.99. The second kappa shape index (κ2) is 47.6. The maximum absolute atomic E-state index is 15.4. The molecule has 0 saturated carbocycles. The van der Waals surface area contributed by atoms with Gasteiger partial charge in [0.25, 0.3) is 0 Å². The van der Waals surface area contributed by atoms with E-state index in [0.717, 1.165) is 35.4 Å². The summed E-state index contributed by atoms with van der Waals surface area (Å²) in [6.07, 6.45) is -3.48. The first-order valence-corrected chi connectivity index (χ1v) is 39.8. The van der Waals surface area contributed by atoms with E-state index < -0.39 is 210 Å². The van der Waals surface area contributed by atoms with Gasteiger partial charge in [0.2, 0.25) is 82.7 Å². The monoisotopic (exact) mass is 1640 g/mol. The number of carbonyl (C=O) groups is 15. The highest BCUT2D eigenvalue weighted by molar-refractivity contribution is 8.76. The van der Waals surface area contributed by atoms with Gasteiger partial charge in [0.05, 0.1) is 37.8 Å². The number of nitrogens with two attached hydrogens (primary N) is 4. The van der Waals surface area contributed by atoms with E-state index in [9.17, 15) is 78.0 Å². The number of hydrogen-bond acceptors (Lipinski definition) is 23. The van der Waals surface area contributed by atoms with Crippen LogP contribution < -0.4 is 92.1 Å². The Hall–Kier alpha value is -11.1. The molecule has 1 aliphatic heterocycles. The molecule has 1 fully saturated rings. The van der Waals surface area contributed by atoms with Crippen LogP contribution in [0.15, 0.2) is 121 Å². The number of amides is 14. The van der Waals surface area contributed by atoms with Crippen molar-refractivity contribution in [2.75, 3.05) is 37.7 Å². The largest absolute Gasteiger partial charge is 0.480 e. The molecule has 1 aliphatic rings. The van der Waals surface area contributed by atoms with Gasteiger partial charge in [-0.3, -0.25) is 67.1 Å². The molecule has 0 aliphatic carbocycles. The number of benzene rings is 4. The first-order chi connectivity index (χ1) is 54.9. The second-order valence-electron chi connectivity index (χ2n) is 27.6. The number of carbonyl (C=O) groups excluding carboxylic acids is 14. The Morgan fingerprint density at radius 3 is 1.30 bits per heavy atom. The highest BCUT2D eigenvalue weighted by Gasteiger charge is 2.40. The van der Waals surface area contributed by atoms with Crippen molar-refractivity contribution >= 4 is 121 Å². The molecule has 115 heavy (non-hydrogen) atoms. The van der Waals surface area contributed by atoms with E-state index in [-0.39, 0.29) is 70.9 Å². The number of nitrogens with one attached hydrogen (secondary N) is 14. The molecule has 2 heterocycles. The summed E-state index contributed by atoms with van der Waals surface area (Å²) in [6, 6.07) is 9.57. The predicted molar refractivity (Wildman–Crippen MR) is 425 cm³/mol. The van der Waals surface area contributed by atoms with Gasteiger partial charge in [0.15, 0.2) is 0 Å². The zero-order chi connectivity index (χ0) is 84.3. The fraction of sp³-hybridized carbons (Fsp3) is 0.461. The van der Waals surface area contributed by atoms with Gasteiger partial charge in [-0.05, 0) is 101 Å². The molecule has 26 N–H and O–H groups in total. The van der Waals surface area contributed by atoms with Crippen molar-refractivity contribution in [1.29, 1.82) is 0 Å². The Balaban J connectivity index is 1.47. The number of unbranched alkanes of at least 4 members (excludes halogenated alkanes) is 2. The maximum Gasteiger partial charge on any atom is 0.327 e. The van der Waals surface area contributed by atoms with Gasteiger partial charge >= 0.3 is 5.97 Å². The molecule has 1 saturated heterocycles. The van der Waals surface area contributed by atoms with E-state index in [1.807, 2.05) is 0 Å². The molecule has 0 spiro atoms. The smallest absolute Gasteiger partial charge is 0.327 e. The zero-order valence-electron chi connectivity index (χ0n) is 63.8. The number of primary amides is 1. The number of carboxylic acids is 1. The number of aliphatic hydroxyl groups excluding tert-OH is 3. The first kappa shape index (κ1) is 92.8. The lowest BCUT2D eigenvalue weighted by atomic mass is 10.00. The number of aromatic amines is 1. The molecule has 0 bridgehead atoms. The van der Waals surface area contributed by atoms with E-state index in [1.54, 1.807) is 121 Å². The van der Waals surface area contributed by atoms with Crippen LogP contribution in [0.1, 0.15) is 88.0 Å². The fourth-order valence-electron chi connectivity index (χ4n) is 11.9. The molecule has 15 atom stereocenters. The van der Waals surface area contributed by atoms with Crippen molar-refractivity contribution in [2.45, 2.75) is 182 Å². The van der Waals surface area contributed by atoms with Crippen LogP contribution in [0.3, 0.4) is 0 Å². The number of aromatic nitrogens is 1. The van der Waals surface area contributed by atoms with Gasteiger partial charge in [-0.15, -0.1) is 0 Å². The number of H-pyrrole nitrogens is 1. The predicted octanol–water partition coefficient (Wildman–Crippen LogP) is -4.91. The van der Waals surface area contributed by atoms with E-state index in [2.05, 4.69) is 74.1 Å². The van der Waals surface area contributed by atoms with Crippen molar-refractivity contribution < 1.29 is 92.3 Å². The number of aliphatic carboxylic acids is 1. The van der Waals surface area contributed by atoms with Crippen LogP contribution in [0.5, 0.6) is 0 Å². The number of rotatable bonds is 26. The molecular weight excluding hydrogens is 1530 g/mol. The van der Waals surface area contributed by atoms with Gasteiger partial charge in [-0.2, -0.15) is 0 Å². The number of hydrogen-bond donors (Lipinski definition) is 22. The van der Waals surface area contributed by atoms with Crippen molar-refractivity contribution in [3.8, 4) is 0 Å². The van der Waals surface area contributed by atoms with Crippen LogP contribution in [-0.2, 0) is 97.6 Å². The van der Waals surface area contributed by atoms with Gasteiger partial charge in [-0.1, -0.05) is 131 Å². The average Bonchev–Trinajstić information content (AvgIpc) is 1.71. The summed E-state index contributed by atoms with van der Waals surface area (Å²) in [4.78, 5) is 217. The Kier molecular flexibility index (Phi) is 38.4. The third-order valence-corrected chi connectivity index (χ3v) is 20.7. The summed E-state index contributed by atoms with van der Waals surface area (Å²) < 4.78 is 0. The van der Waals surface area contributed by atoms with Crippen molar-refractivity contribution in [3.05, 3.63) is 144 Å². The topological polar surface area (TPSA) is 613 Å². The van der Waals surface area contributed by atoms with Crippen LogP contribution in [0, 0.1) is 0 Å².